The minimum absolute atomic E-state index is 0.121. The summed E-state index contributed by atoms with van der Waals surface area (Å²) in [7, 11) is -0.875. The molecular weight excluding hydrogens is 248 g/mol. The molecule has 1 nitrogen and oxygen atoms in total. The number of hydrogen-bond acceptors (Lipinski definition) is 1. The number of carbonyl (C=O) groups excluding carboxylic acids is 1. The van der Waals surface area contributed by atoms with Crippen LogP contribution in [-0.2, 0) is 0 Å². The van der Waals surface area contributed by atoms with Gasteiger partial charge in [-0.15, -0.1) is 0 Å². The highest BCUT2D eigenvalue weighted by Crippen LogP contribution is 2.52. The molecular formula is C17H24OSi. The molecule has 3 rings (SSSR count). The van der Waals surface area contributed by atoms with Gasteiger partial charge < -0.3 is 0 Å². The zero-order valence-corrected chi connectivity index (χ0v) is 12.9. The molecule has 1 heterocycles. The lowest BCUT2D eigenvalue weighted by Crippen LogP contribution is -2.39. The monoisotopic (exact) mass is 272 g/mol. The second-order valence-corrected chi connectivity index (χ2v) is 10.0. The highest BCUT2D eigenvalue weighted by molar-refractivity contribution is 6.68. The summed E-state index contributed by atoms with van der Waals surface area (Å²) in [4.78, 5) is 13.1. The minimum atomic E-state index is -0.875. The maximum atomic E-state index is 13.1. The van der Waals surface area contributed by atoms with Crippen LogP contribution in [0.5, 0.6) is 0 Å². The smallest absolute Gasteiger partial charge is 0.165 e. The van der Waals surface area contributed by atoms with Crippen LogP contribution in [0.15, 0.2) is 30.3 Å². The normalized spacial score (nSPS) is 23.4. The summed E-state index contributed by atoms with van der Waals surface area (Å²) in [6.07, 6.45) is 9.06. The van der Waals surface area contributed by atoms with Gasteiger partial charge in [-0.1, -0.05) is 74.5 Å². The van der Waals surface area contributed by atoms with Gasteiger partial charge in [0, 0.05) is 10.6 Å². The van der Waals surface area contributed by atoms with Crippen molar-refractivity contribution in [3.8, 4) is 0 Å². The first-order chi connectivity index (χ1) is 9.33. The van der Waals surface area contributed by atoms with Crippen molar-refractivity contribution in [3.63, 3.8) is 0 Å². The fourth-order valence-corrected chi connectivity index (χ4v) is 9.08. The molecule has 2 fully saturated rings. The van der Waals surface area contributed by atoms with Gasteiger partial charge in [-0.05, 0) is 12.8 Å². The Morgan fingerprint density at radius 2 is 1.53 bits per heavy atom. The van der Waals surface area contributed by atoms with Crippen molar-refractivity contribution in [2.24, 2.45) is 0 Å². The lowest BCUT2D eigenvalue weighted by molar-refractivity contribution is 0.0900. The van der Waals surface area contributed by atoms with Crippen LogP contribution in [0.1, 0.15) is 55.3 Å². The summed E-state index contributed by atoms with van der Waals surface area (Å²) >= 11 is 0. The van der Waals surface area contributed by atoms with Crippen molar-refractivity contribution < 1.29 is 4.79 Å². The molecule has 1 aromatic rings. The van der Waals surface area contributed by atoms with Crippen molar-refractivity contribution in [1.82, 2.24) is 0 Å². The fourth-order valence-electron chi connectivity index (χ4n) is 4.36. The number of carbonyl (C=O) groups is 1. The highest BCUT2D eigenvalue weighted by Gasteiger charge is 2.47. The molecule has 1 aromatic carbocycles. The van der Waals surface area contributed by atoms with Crippen LogP contribution in [0.3, 0.4) is 0 Å². The Morgan fingerprint density at radius 3 is 2.16 bits per heavy atom. The van der Waals surface area contributed by atoms with E-state index in [2.05, 4.69) is 0 Å². The summed E-state index contributed by atoms with van der Waals surface area (Å²) in [5, 5.41) is 0.121. The molecule has 0 bridgehead atoms. The van der Waals surface area contributed by atoms with Gasteiger partial charge in [0.15, 0.2) is 5.78 Å². The van der Waals surface area contributed by atoms with Gasteiger partial charge in [0.25, 0.3) is 0 Å². The molecule has 0 aromatic heterocycles. The third-order valence-electron chi connectivity index (χ3n) is 5.37. The van der Waals surface area contributed by atoms with Crippen LogP contribution in [-0.4, -0.2) is 14.6 Å². The molecule has 0 spiro atoms. The summed E-state index contributed by atoms with van der Waals surface area (Å²) in [6, 6.07) is 12.9. The molecule has 1 aliphatic carbocycles. The Bertz CT molecular complexity index is 428. The number of Topliss-reactive ketones (excluding diaryl/α,β-unsaturated/α-hetero) is 1. The average molecular weight is 272 g/mol. The summed E-state index contributed by atoms with van der Waals surface area (Å²) < 4.78 is 0. The lowest BCUT2D eigenvalue weighted by atomic mass is 9.82. The Balaban J connectivity index is 1.92. The molecule has 0 radical (unpaired) electrons. The highest BCUT2D eigenvalue weighted by atomic mass is 28.3. The SMILES string of the molecule is O=C(c1ccccc1)C1([SiH]2CCCC2)CCCCC1. The second kappa shape index (κ2) is 5.62. The maximum absolute atomic E-state index is 13.1. The van der Waals surface area contributed by atoms with E-state index in [4.69, 9.17) is 0 Å². The van der Waals surface area contributed by atoms with E-state index in [-0.39, 0.29) is 5.04 Å². The standard InChI is InChI=1S/C17H24OSi/c18-16(15-9-3-1-4-10-15)17(11-5-2-6-12-17)19-13-7-8-14-19/h1,3-4,9-10,19H,2,5-8,11-14H2. The molecule has 0 N–H and O–H groups in total. The molecule has 102 valence electrons. The lowest BCUT2D eigenvalue weighted by Gasteiger charge is -2.40. The average Bonchev–Trinajstić information content (AvgIpc) is 3.03. The first kappa shape index (κ1) is 13.1. The molecule has 1 saturated heterocycles. The number of benzene rings is 1. The Labute approximate surface area is 118 Å². The predicted molar refractivity (Wildman–Crippen MR) is 82.5 cm³/mol. The van der Waals surface area contributed by atoms with Gasteiger partial charge in [-0.3, -0.25) is 4.79 Å². The molecule has 1 saturated carbocycles. The van der Waals surface area contributed by atoms with Crippen LogP contribution in [0.2, 0.25) is 17.1 Å². The van der Waals surface area contributed by atoms with Gasteiger partial charge in [0.1, 0.15) is 0 Å². The van der Waals surface area contributed by atoms with Gasteiger partial charge in [0.05, 0.1) is 8.80 Å². The van der Waals surface area contributed by atoms with E-state index >= 15 is 0 Å². The Hall–Kier alpha value is -0.893. The van der Waals surface area contributed by atoms with E-state index in [0.29, 0.717) is 5.78 Å². The first-order valence-corrected chi connectivity index (χ1v) is 10.1. The van der Waals surface area contributed by atoms with Gasteiger partial charge in [0.2, 0.25) is 0 Å². The van der Waals surface area contributed by atoms with E-state index in [9.17, 15) is 4.79 Å². The minimum Gasteiger partial charge on any atom is -0.294 e. The van der Waals surface area contributed by atoms with E-state index < -0.39 is 8.80 Å². The van der Waals surface area contributed by atoms with Crippen LogP contribution < -0.4 is 0 Å². The molecule has 19 heavy (non-hydrogen) atoms. The quantitative estimate of drug-likeness (QED) is 0.581. The molecule has 0 unspecified atom stereocenters. The van der Waals surface area contributed by atoms with E-state index in [0.717, 1.165) is 5.56 Å². The zero-order valence-electron chi connectivity index (χ0n) is 11.7. The maximum Gasteiger partial charge on any atom is 0.165 e. The summed E-state index contributed by atoms with van der Waals surface area (Å²) in [6.45, 7) is 0. The van der Waals surface area contributed by atoms with Gasteiger partial charge in [-0.25, -0.2) is 0 Å². The largest absolute Gasteiger partial charge is 0.294 e. The molecule has 1 aliphatic heterocycles. The van der Waals surface area contributed by atoms with Crippen molar-refractivity contribution in [1.29, 1.82) is 0 Å². The summed E-state index contributed by atoms with van der Waals surface area (Å²) in [5.41, 5.74) is 0.976. The van der Waals surface area contributed by atoms with Gasteiger partial charge >= 0.3 is 0 Å². The number of ketones is 1. The van der Waals surface area contributed by atoms with E-state index in [1.165, 1.54) is 57.0 Å². The Morgan fingerprint density at radius 1 is 0.895 bits per heavy atom. The topological polar surface area (TPSA) is 17.1 Å². The molecule has 2 aliphatic rings. The number of rotatable bonds is 3. The third kappa shape index (κ3) is 2.43. The van der Waals surface area contributed by atoms with Crippen LogP contribution in [0.25, 0.3) is 0 Å². The van der Waals surface area contributed by atoms with E-state index in [1.807, 2.05) is 30.3 Å². The van der Waals surface area contributed by atoms with Crippen molar-refractivity contribution in [3.05, 3.63) is 35.9 Å². The van der Waals surface area contributed by atoms with Crippen LogP contribution in [0, 0.1) is 0 Å². The van der Waals surface area contributed by atoms with Crippen LogP contribution in [0.4, 0.5) is 0 Å². The van der Waals surface area contributed by atoms with Crippen molar-refractivity contribution in [2.45, 2.75) is 62.1 Å². The fraction of sp³-hybridized carbons (Fsp3) is 0.588. The number of hydrogen-bond donors (Lipinski definition) is 0. The van der Waals surface area contributed by atoms with Crippen LogP contribution >= 0.6 is 0 Å². The first-order valence-electron chi connectivity index (χ1n) is 7.93. The molecule has 0 amide bonds. The third-order valence-corrected chi connectivity index (χ3v) is 9.98. The van der Waals surface area contributed by atoms with Crippen molar-refractivity contribution in [2.75, 3.05) is 0 Å². The second-order valence-electron chi connectivity index (χ2n) is 6.39. The molecule has 2 heteroatoms. The zero-order chi connectivity index (χ0) is 13.1. The summed E-state index contributed by atoms with van der Waals surface area (Å²) in [5.74, 6) is 0.506. The molecule has 0 atom stereocenters. The van der Waals surface area contributed by atoms with Gasteiger partial charge in [-0.2, -0.15) is 0 Å². The van der Waals surface area contributed by atoms with E-state index in [1.54, 1.807) is 0 Å². The predicted octanol–water partition coefficient (Wildman–Crippen LogP) is 4.59. The Kier molecular flexibility index (Phi) is 3.88. The van der Waals surface area contributed by atoms with Crippen molar-refractivity contribution >= 4 is 14.6 Å².